The number of aliphatic hydroxyl groups excluding tert-OH is 1. The number of unbranched alkanes of at least 4 members (excludes halogenated alkanes) is 11. The summed E-state index contributed by atoms with van der Waals surface area (Å²) in [7, 11) is 0. The molecule has 0 unspecified atom stereocenters. The van der Waals surface area contributed by atoms with E-state index in [2.05, 4.69) is 17.6 Å². The molecule has 7 heteroatoms. The number of aliphatic hydroxyl groups is 1. The highest BCUT2D eigenvalue weighted by Crippen LogP contribution is 2.13. The maximum Gasteiger partial charge on any atom is 0.269 e. The van der Waals surface area contributed by atoms with Gasteiger partial charge in [0.25, 0.3) is 5.69 Å². The topological polar surface area (TPSA) is 104 Å². The van der Waals surface area contributed by atoms with E-state index in [9.17, 15) is 20.0 Å². The molecule has 0 fully saturated rings. The second kappa shape index (κ2) is 17.7. The predicted molar refractivity (Wildman–Crippen MR) is 125 cm³/mol. The number of carbonyl (C=O) groups is 1. The molecule has 0 bridgehead atoms. The molecular formula is C24H41N3O4. The molecule has 0 radical (unpaired) electrons. The zero-order chi connectivity index (χ0) is 22.7. The van der Waals surface area contributed by atoms with E-state index in [0.717, 1.165) is 18.4 Å². The van der Waals surface area contributed by atoms with Crippen LogP contribution < -0.4 is 10.6 Å². The second-order valence-corrected chi connectivity index (χ2v) is 8.22. The van der Waals surface area contributed by atoms with E-state index in [1.807, 2.05) is 0 Å². The average Bonchev–Trinajstić information content (AvgIpc) is 2.77. The van der Waals surface area contributed by atoms with Crippen LogP contribution in [0.1, 0.15) is 89.5 Å². The summed E-state index contributed by atoms with van der Waals surface area (Å²) >= 11 is 0. The Labute approximate surface area is 187 Å². The lowest BCUT2D eigenvalue weighted by Gasteiger charge is -2.16. The van der Waals surface area contributed by atoms with Crippen LogP contribution in [0.25, 0.3) is 0 Å². The molecule has 0 aliphatic rings. The van der Waals surface area contributed by atoms with Crippen LogP contribution >= 0.6 is 0 Å². The van der Waals surface area contributed by atoms with Gasteiger partial charge in [-0.05, 0) is 12.0 Å². The highest BCUT2D eigenvalue weighted by Gasteiger charge is 2.16. The lowest BCUT2D eigenvalue weighted by molar-refractivity contribution is -0.384. The van der Waals surface area contributed by atoms with Gasteiger partial charge in [-0.2, -0.15) is 0 Å². The molecule has 1 atom stereocenters. The Balaban J connectivity index is 2.05. The number of nitrogens with one attached hydrogen (secondary N) is 2. The Hall–Kier alpha value is -1.99. The van der Waals surface area contributed by atoms with Gasteiger partial charge in [0.2, 0.25) is 5.91 Å². The van der Waals surface area contributed by atoms with E-state index in [1.54, 1.807) is 12.1 Å². The van der Waals surface area contributed by atoms with Crippen molar-refractivity contribution < 1.29 is 14.8 Å². The molecule has 1 aromatic carbocycles. The molecule has 176 valence electrons. The summed E-state index contributed by atoms with van der Waals surface area (Å²) < 4.78 is 0. The molecule has 1 aromatic rings. The van der Waals surface area contributed by atoms with Crippen LogP contribution in [-0.4, -0.2) is 35.1 Å². The lowest BCUT2D eigenvalue weighted by atomic mass is 10.1. The molecule has 0 spiro atoms. The highest BCUT2D eigenvalue weighted by atomic mass is 16.6. The Morgan fingerprint density at radius 2 is 1.45 bits per heavy atom. The first kappa shape index (κ1) is 27.0. The normalized spacial score (nSPS) is 11.9. The quantitative estimate of drug-likeness (QED) is 0.163. The largest absolute Gasteiger partial charge is 0.394 e. The van der Waals surface area contributed by atoms with Crippen molar-refractivity contribution >= 4 is 11.6 Å². The van der Waals surface area contributed by atoms with Crippen molar-refractivity contribution in [1.82, 2.24) is 10.6 Å². The third kappa shape index (κ3) is 13.1. The van der Waals surface area contributed by atoms with E-state index in [1.165, 1.54) is 76.3 Å². The molecule has 1 amide bonds. The van der Waals surface area contributed by atoms with Gasteiger partial charge >= 0.3 is 0 Å². The van der Waals surface area contributed by atoms with Gasteiger partial charge in [0.1, 0.15) is 6.04 Å². The van der Waals surface area contributed by atoms with Crippen LogP contribution in [0, 0.1) is 10.1 Å². The zero-order valence-corrected chi connectivity index (χ0v) is 19.1. The maximum atomic E-state index is 12.2. The number of nitrogens with zero attached hydrogens (tertiary/aromatic N) is 1. The van der Waals surface area contributed by atoms with E-state index in [-0.39, 0.29) is 18.2 Å². The first-order valence-electron chi connectivity index (χ1n) is 11.9. The SMILES string of the molecule is CCCCCCCCCCCCCCNC(=O)[C@H](CO)NCc1ccc([N+](=O)[O-])cc1. The molecular weight excluding hydrogens is 394 g/mol. The molecule has 0 aliphatic heterocycles. The summed E-state index contributed by atoms with van der Waals surface area (Å²) in [5, 5.41) is 26.0. The van der Waals surface area contributed by atoms with Crippen molar-refractivity contribution in [1.29, 1.82) is 0 Å². The second-order valence-electron chi connectivity index (χ2n) is 8.22. The minimum absolute atomic E-state index is 0.0302. The van der Waals surface area contributed by atoms with Gasteiger partial charge in [0, 0.05) is 25.2 Å². The zero-order valence-electron chi connectivity index (χ0n) is 19.1. The first-order chi connectivity index (χ1) is 15.1. The van der Waals surface area contributed by atoms with E-state index in [0.29, 0.717) is 13.1 Å². The number of non-ortho nitro benzene ring substituents is 1. The number of hydrogen-bond acceptors (Lipinski definition) is 5. The van der Waals surface area contributed by atoms with Crippen molar-refractivity contribution in [3.8, 4) is 0 Å². The van der Waals surface area contributed by atoms with Crippen LogP contribution in [0.15, 0.2) is 24.3 Å². The smallest absolute Gasteiger partial charge is 0.269 e. The van der Waals surface area contributed by atoms with Gasteiger partial charge in [-0.3, -0.25) is 20.2 Å². The number of carbonyl (C=O) groups excluding carboxylic acids is 1. The molecule has 0 saturated heterocycles. The Bertz CT molecular complexity index is 607. The number of hydrogen-bond donors (Lipinski definition) is 3. The predicted octanol–water partition coefficient (Wildman–Crippen LogP) is 4.86. The number of rotatable bonds is 19. The summed E-state index contributed by atoms with van der Waals surface area (Å²) in [4.78, 5) is 22.5. The van der Waals surface area contributed by atoms with Crippen LogP contribution in [-0.2, 0) is 11.3 Å². The van der Waals surface area contributed by atoms with Gasteiger partial charge in [-0.25, -0.2) is 0 Å². The van der Waals surface area contributed by atoms with Gasteiger partial charge in [0.05, 0.1) is 11.5 Å². The first-order valence-corrected chi connectivity index (χ1v) is 11.9. The lowest BCUT2D eigenvalue weighted by Crippen LogP contribution is -2.46. The van der Waals surface area contributed by atoms with Gasteiger partial charge in [-0.15, -0.1) is 0 Å². The van der Waals surface area contributed by atoms with Crippen molar-refractivity contribution in [2.75, 3.05) is 13.2 Å². The van der Waals surface area contributed by atoms with E-state index >= 15 is 0 Å². The fraction of sp³-hybridized carbons (Fsp3) is 0.708. The maximum absolute atomic E-state index is 12.2. The van der Waals surface area contributed by atoms with Crippen LogP contribution in [0.2, 0.25) is 0 Å². The molecule has 0 aromatic heterocycles. The van der Waals surface area contributed by atoms with Gasteiger partial charge < -0.3 is 10.4 Å². The minimum atomic E-state index is -0.687. The van der Waals surface area contributed by atoms with Crippen molar-refractivity contribution in [2.45, 2.75) is 96.6 Å². The van der Waals surface area contributed by atoms with Crippen LogP contribution in [0.5, 0.6) is 0 Å². The number of nitro benzene ring substituents is 1. The fourth-order valence-corrected chi connectivity index (χ4v) is 3.52. The van der Waals surface area contributed by atoms with E-state index in [4.69, 9.17) is 0 Å². The highest BCUT2D eigenvalue weighted by molar-refractivity contribution is 5.81. The number of amides is 1. The molecule has 7 nitrogen and oxygen atoms in total. The van der Waals surface area contributed by atoms with Crippen LogP contribution in [0.4, 0.5) is 5.69 Å². The van der Waals surface area contributed by atoms with Gasteiger partial charge in [0.15, 0.2) is 0 Å². The summed E-state index contributed by atoms with van der Waals surface area (Å²) in [5.41, 5.74) is 0.848. The molecule has 0 saturated carbocycles. The van der Waals surface area contributed by atoms with Crippen molar-refractivity contribution in [3.05, 3.63) is 39.9 Å². The third-order valence-corrected chi connectivity index (χ3v) is 5.53. The van der Waals surface area contributed by atoms with Crippen molar-refractivity contribution in [2.24, 2.45) is 0 Å². The fourth-order valence-electron chi connectivity index (χ4n) is 3.52. The van der Waals surface area contributed by atoms with Crippen LogP contribution in [0.3, 0.4) is 0 Å². The van der Waals surface area contributed by atoms with Crippen molar-refractivity contribution in [3.63, 3.8) is 0 Å². The minimum Gasteiger partial charge on any atom is -0.394 e. The molecule has 31 heavy (non-hydrogen) atoms. The Morgan fingerprint density at radius 1 is 0.935 bits per heavy atom. The van der Waals surface area contributed by atoms with E-state index < -0.39 is 11.0 Å². The standard InChI is InChI=1S/C24H41N3O4/c1-2-3-4-5-6-7-8-9-10-11-12-13-18-25-24(29)23(20-28)26-19-21-14-16-22(17-15-21)27(30)31/h14-17,23,26,28H,2-13,18-20H2,1H3,(H,25,29)/t23-/m0/s1. The number of benzene rings is 1. The monoisotopic (exact) mass is 435 g/mol. The number of nitro groups is 1. The summed E-state index contributed by atoms with van der Waals surface area (Å²) in [6, 6.07) is 5.46. The molecule has 3 N–H and O–H groups in total. The average molecular weight is 436 g/mol. The summed E-state index contributed by atoms with van der Waals surface area (Å²) in [6.07, 6.45) is 15.3. The Kier molecular flexibility index (Phi) is 15.4. The molecule has 1 rings (SSSR count). The molecule has 0 aliphatic carbocycles. The summed E-state index contributed by atoms with van der Waals surface area (Å²) in [6.45, 7) is 2.93. The Morgan fingerprint density at radius 3 is 1.94 bits per heavy atom. The molecule has 0 heterocycles. The van der Waals surface area contributed by atoms with Gasteiger partial charge in [-0.1, -0.05) is 89.7 Å². The summed E-state index contributed by atoms with van der Waals surface area (Å²) in [5.74, 6) is -0.215. The third-order valence-electron chi connectivity index (χ3n) is 5.53.